The van der Waals surface area contributed by atoms with E-state index in [1.165, 1.54) is 11.1 Å². The Hall–Kier alpha value is -2.88. The van der Waals surface area contributed by atoms with Gasteiger partial charge in [-0.25, -0.2) is 4.98 Å². The van der Waals surface area contributed by atoms with Gasteiger partial charge in [-0.1, -0.05) is 44.2 Å². The molecule has 1 aliphatic rings. The number of carbonyl (C=O) groups excluding carboxylic acids is 1. The Morgan fingerprint density at radius 3 is 2.62 bits per heavy atom. The molecule has 0 aliphatic heterocycles. The zero-order valence-corrected chi connectivity index (χ0v) is 17.2. The number of carbonyl (C=O) groups is 1. The first kappa shape index (κ1) is 19.4. The SMILES string of the molecule is CC(C)Cc1c(O[C@@H](Cc2ncc[nH]2)c2ccccc2)ccc2c1CCCC2=O. The van der Waals surface area contributed by atoms with Crippen LogP contribution in [0.2, 0.25) is 0 Å². The van der Waals surface area contributed by atoms with Crippen molar-refractivity contribution in [1.82, 2.24) is 9.97 Å². The second-order valence-electron chi connectivity index (χ2n) is 8.20. The van der Waals surface area contributed by atoms with E-state index in [-0.39, 0.29) is 11.9 Å². The third kappa shape index (κ3) is 4.42. The molecule has 4 rings (SSSR count). The lowest BCUT2D eigenvalue weighted by molar-refractivity contribution is 0.0972. The van der Waals surface area contributed by atoms with Gasteiger partial charge in [0.15, 0.2) is 5.78 Å². The number of aromatic nitrogens is 2. The van der Waals surface area contributed by atoms with Gasteiger partial charge in [0.25, 0.3) is 0 Å². The molecule has 150 valence electrons. The van der Waals surface area contributed by atoms with E-state index in [1.807, 2.05) is 36.5 Å². The number of H-pyrrole nitrogens is 1. The van der Waals surface area contributed by atoms with Crippen molar-refractivity contribution in [1.29, 1.82) is 0 Å². The number of nitrogens with zero attached hydrogens (tertiary/aromatic N) is 1. The number of imidazole rings is 1. The van der Waals surface area contributed by atoms with Crippen LogP contribution in [-0.4, -0.2) is 15.8 Å². The molecular formula is C25H28N2O2. The van der Waals surface area contributed by atoms with Crippen LogP contribution in [0.4, 0.5) is 0 Å². The van der Waals surface area contributed by atoms with E-state index in [1.54, 1.807) is 6.20 Å². The summed E-state index contributed by atoms with van der Waals surface area (Å²) in [6.07, 6.45) is 7.56. The molecule has 0 fully saturated rings. The normalized spacial score (nSPS) is 14.7. The van der Waals surface area contributed by atoms with Crippen LogP contribution in [0.5, 0.6) is 5.75 Å². The molecule has 1 aliphatic carbocycles. The molecule has 1 N–H and O–H groups in total. The summed E-state index contributed by atoms with van der Waals surface area (Å²) < 4.78 is 6.64. The van der Waals surface area contributed by atoms with Crippen molar-refractivity contribution < 1.29 is 9.53 Å². The minimum Gasteiger partial charge on any atom is -0.485 e. The van der Waals surface area contributed by atoms with Crippen molar-refractivity contribution in [2.75, 3.05) is 0 Å². The number of nitrogens with one attached hydrogen (secondary N) is 1. The molecule has 0 amide bonds. The van der Waals surface area contributed by atoms with Gasteiger partial charge in [0, 0.05) is 30.8 Å². The number of ether oxygens (including phenoxy) is 1. The Bertz CT molecular complexity index is 962. The Kier molecular flexibility index (Phi) is 5.79. The van der Waals surface area contributed by atoms with Gasteiger partial charge >= 0.3 is 0 Å². The summed E-state index contributed by atoms with van der Waals surface area (Å²) in [5.74, 6) is 2.55. The van der Waals surface area contributed by atoms with Gasteiger partial charge in [-0.2, -0.15) is 0 Å². The third-order valence-corrected chi connectivity index (χ3v) is 5.51. The van der Waals surface area contributed by atoms with E-state index in [2.05, 4.69) is 35.9 Å². The smallest absolute Gasteiger partial charge is 0.163 e. The minimum atomic E-state index is -0.148. The van der Waals surface area contributed by atoms with Gasteiger partial charge < -0.3 is 9.72 Å². The number of aromatic amines is 1. The van der Waals surface area contributed by atoms with E-state index in [0.29, 0.717) is 18.8 Å². The summed E-state index contributed by atoms with van der Waals surface area (Å²) in [4.78, 5) is 20.0. The average Bonchev–Trinajstić information content (AvgIpc) is 3.23. The average molecular weight is 389 g/mol. The largest absolute Gasteiger partial charge is 0.485 e. The summed E-state index contributed by atoms with van der Waals surface area (Å²) in [7, 11) is 0. The van der Waals surface area contributed by atoms with Crippen molar-refractivity contribution in [3.8, 4) is 5.75 Å². The number of ketones is 1. The molecule has 2 aromatic carbocycles. The molecule has 0 saturated carbocycles. The topological polar surface area (TPSA) is 55.0 Å². The Balaban J connectivity index is 1.72. The maximum Gasteiger partial charge on any atom is 0.163 e. The van der Waals surface area contributed by atoms with E-state index < -0.39 is 0 Å². The lowest BCUT2D eigenvalue weighted by atomic mass is 9.84. The molecule has 1 aromatic heterocycles. The number of hydrogen-bond acceptors (Lipinski definition) is 3. The van der Waals surface area contributed by atoms with Gasteiger partial charge in [-0.3, -0.25) is 4.79 Å². The maximum atomic E-state index is 12.4. The first-order chi connectivity index (χ1) is 14.1. The Morgan fingerprint density at radius 2 is 1.90 bits per heavy atom. The highest BCUT2D eigenvalue weighted by Gasteiger charge is 2.25. The van der Waals surface area contributed by atoms with Gasteiger partial charge in [0.2, 0.25) is 0 Å². The quantitative estimate of drug-likeness (QED) is 0.582. The van der Waals surface area contributed by atoms with Gasteiger partial charge in [0.05, 0.1) is 0 Å². The molecule has 0 spiro atoms. The first-order valence-electron chi connectivity index (χ1n) is 10.5. The Labute approximate surface area is 172 Å². The highest BCUT2D eigenvalue weighted by molar-refractivity contribution is 5.99. The molecular weight excluding hydrogens is 360 g/mol. The zero-order valence-electron chi connectivity index (χ0n) is 17.2. The zero-order chi connectivity index (χ0) is 20.2. The molecule has 0 saturated heterocycles. The van der Waals surface area contributed by atoms with Gasteiger partial charge in [0.1, 0.15) is 17.7 Å². The standard InChI is InChI=1S/C25H28N2O2/c1-17(2)15-21-19-9-6-10-22(28)20(19)11-12-23(21)29-24(16-25-26-13-14-27-25)18-7-4-3-5-8-18/h3-5,7-8,11-14,17,24H,6,9-10,15-16H2,1-2H3,(H,26,27)/t24-/m0/s1. The molecule has 4 heteroatoms. The van der Waals surface area contributed by atoms with E-state index in [0.717, 1.165) is 42.0 Å². The van der Waals surface area contributed by atoms with Crippen molar-refractivity contribution >= 4 is 5.78 Å². The van der Waals surface area contributed by atoms with E-state index in [4.69, 9.17) is 4.74 Å². The number of Topliss-reactive ketones (excluding diaryl/α,β-unsaturated/α-hetero) is 1. The maximum absolute atomic E-state index is 12.4. The van der Waals surface area contributed by atoms with Crippen LogP contribution < -0.4 is 4.74 Å². The molecule has 0 bridgehead atoms. The predicted molar refractivity (Wildman–Crippen MR) is 114 cm³/mol. The Morgan fingerprint density at radius 1 is 1.07 bits per heavy atom. The van der Waals surface area contributed by atoms with Crippen molar-refractivity contribution in [2.45, 2.75) is 52.1 Å². The van der Waals surface area contributed by atoms with E-state index in [9.17, 15) is 4.79 Å². The summed E-state index contributed by atoms with van der Waals surface area (Å²) >= 11 is 0. The first-order valence-corrected chi connectivity index (χ1v) is 10.5. The lowest BCUT2D eigenvalue weighted by Crippen LogP contribution is -2.17. The fraction of sp³-hybridized carbons (Fsp3) is 0.360. The summed E-state index contributed by atoms with van der Waals surface area (Å²) in [5, 5.41) is 0. The number of hydrogen-bond donors (Lipinski definition) is 1. The van der Waals surface area contributed by atoms with Crippen molar-refractivity contribution in [3.05, 3.63) is 82.9 Å². The molecule has 1 heterocycles. The fourth-order valence-electron chi connectivity index (χ4n) is 4.15. The van der Waals surface area contributed by atoms with Crippen molar-refractivity contribution in [2.24, 2.45) is 5.92 Å². The minimum absolute atomic E-state index is 0.148. The molecule has 29 heavy (non-hydrogen) atoms. The second kappa shape index (κ2) is 8.64. The summed E-state index contributed by atoms with van der Waals surface area (Å²) in [5.41, 5.74) is 4.40. The number of rotatable bonds is 7. The molecule has 0 unspecified atom stereocenters. The summed E-state index contributed by atoms with van der Waals surface area (Å²) in [6.45, 7) is 4.43. The molecule has 0 radical (unpaired) electrons. The molecule has 4 nitrogen and oxygen atoms in total. The second-order valence-corrected chi connectivity index (χ2v) is 8.20. The van der Waals surface area contributed by atoms with Crippen LogP contribution in [0, 0.1) is 5.92 Å². The van der Waals surface area contributed by atoms with Crippen LogP contribution in [-0.2, 0) is 19.3 Å². The van der Waals surface area contributed by atoms with E-state index >= 15 is 0 Å². The highest BCUT2D eigenvalue weighted by atomic mass is 16.5. The van der Waals surface area contributed by atoms with Crippen LogP contribution >= 0.6 is 0 Å². The predicted octanol–water partition coefficient (Wildman–Crippen LogP) is 5.49. The van der Waals surface area contributed by atoms with Crippen LogP contribution in [0.25, 0.3) is 0 Å². The molecule has 1 atom stereocenters. The molecule has 3 aromatic rings. The summed E-state index contributed by atoms with van der Waals surface area (Å²) in [6, 6.07) is 14.2. The highest BCUT2D eigenvalue weighted by Crippen LogP contribution is 2.35. The monoisotopic (exact) mass is 388 g/mol. The fourth-order valence-corrected chi connectivity index (χ4v) is 4.15. The van der Waals surface area contributed by atoms with Gasteiger partial charge in [-0.05, 0) is 54.0 Å². The van der Waals surface area contributed by atoms with Crippen LogP contribution in [0.3, 0.4) is 0 Å². The number of fused-ring (bicyclic) bond motifs is 1. The number of benzene rings is 2. The third-order valence-electron chi connectivity index (χ3n) is 5.51. The lowest BCUT2D eigenvalue weighted by Gasteiger charge is -2.26. The van der Waals surface area contributed by atoms with Gasteiger partial charge in [-0.15, -0.1) is 0 Å². The van der Waals surface area contributed by atoms with Crippen LogP contribution in [0.1, 0.15) is 65.7 Å². The van der Waals surface area contributed by atoms with Crippen molar-refractivity contribution in [3.63, 3.8) is 0 Å². The van der Waals surface area contributed by atoms with Crippen LogP contribution in [0.15, 0.2) is 54.9 Å².